The van der Waals surface area contributed by atoms with Crippen LogP contribution in [-0.2, 0) is 11.3 Å². The van der Waals surface area contributed by atoms with E-state index in [-0.39, 0.29) is 35.6 Å². The predicted octanol–water partition coefficient (Wildman–Crippen LogP) is 2.27. The predicted molar refractivity (Wildman–Crippen MR) is 112 cm³/mol. The lowest BCUT2D eigenvalue weighted by Crippen LogP contribution is -2.50. The van der Waals surface area contributed by atoms with Crippen molar-refractivity contribution in [1.29, 1.82) is 0 Å². The molecule has 2 saturated heterocycles. The number of hydrogen-bond acceptors (Lipinski definition) is 5. The monoisotopic (exact) mass is 437 g/mol. The maximum atomic E-state index is 14.6. The first-order valence-electron chi connectivity index (χ1n) is 11.2. The van der Waals surface area contributed by atoms with Gasteiger partial charge in [-0.2, -0.15) is 0 Å². The third-order valence-corrected chi connectivity index (χ3v) is 6.91. The first-order chi connectivity index (χ1) is 14.6. The summed E-state index contributed by atoms with van der Waals surface area (Å²) in [5.41, 5.74) is 5.08. The zero-order valence-corrected chi connectivity index (χ0v) is 18.3. The molecule has 172 valence electrons. The Balaban J connectivity index is 1.41. The quantitative estimate of drug-likeness (QED) is 0.739. The van der Waals surface area contributed by atoms with Gasteiger partial charge < -0.3 is 20.5 Å². The number of rotatable bonds is 5. The van der Waals surface area contributed by atoms with Crippen molar-refractivity contribution in [3.63, 3.8) is 0 Å². The number of nitrogens with zero attached hydrogens (tertiary/aromatic N) is 2. The van der Waals surface area contributed by atoms with Gasteiger partial charge in [0, 0.05) is 37.3 Å². The van der Waals surface area contributed by atoms with E-state index in [1.165, 1.54) is 12.1 Å². The Bertz CT molecular complexity index is 800. The third-order valence-electron chi connectivity index (χ3n) is 6.91. The van der Waals surface area contributed by atoms with Gasteiger partial charge in [0.15, 0.2) is 0 Å². The minimum atomic E-state index is -0.937. The largest absolute Gasteiger partial charge is 0.488 e. The highest BCUT2D eigenvalue weighted by Crippen LogP contribution is 2.39. The molecular weight excluding hydrogens is 404 g/mol. The van der Waals surface area contributed by atoms with E-state index < -0.39 is 29.4 Å². The molecule has 0 unspecified atom stereocenters. The van der Waals surface area contributed by atoms with Crippen LogP contribution < -0.4 is 10.5 Å². The molecule has 3 N–H and O–H groups in total. The van der Waals surface area contributed by atoms with Gasteiger partial charge in [-0.1, -0.05) is 0 Å². The first-order valence-corrected chi connectivity index (χ1v) is 11.2. The average Bonchev–Trinajstić information content (AvgIpc) is 3.33. The van der Waals surface area contributed by atoms with Crippen molar-refractivity contribution in [2.75, 3.05) is 26.2 Å². The summed E-state index contributed by atoms with van der Waals surface area (Å²) in [5.74, 6) is -0.898. The van der Waals surface area contributed by atoms with Gasteiger partial charge in [-0.25, -0.2) is 8.78 Å². The van der Waals surface area contributed by atoms with Crippen LogP contribution in [0, 0.1) is 23.5 Å². The van der Waals surface area contributed by atoms with Crippen LogP contribution in [-0.4, -0.2) is 64.7 Å². The number of carbonyl (C=O) groups excluding carboxylic acids is 1. The molecule has 1 saturated carbocycles. The Hall–Kier alpha value is -1.77. The van der Waals surface area contributed by atoms with E-state index in [4.69, 9.17) is 10.5 Å². The van der Waals surface area contributed by atoms with Gasteiger partial charge in [0.05, 0.1) is 11.6 Å². The molecule has 0 aromatic heterocycles. The van der Waals surface area contributed by atoms with Crippen LogP contribution in [0.5, 0.6) is 5.75 Å². The number of aliphatic hydroxyl groups is 1. The van der Waals surface area contributed by atoms with E-state index in [0.717, 1.165) is 25.9 Å². The summed E-state index contributed by atoms with van der Waals surface area (Å²) in [5, 5.41) is 10.6. The van der Waals surface area contributed by atoms with Crippen molar-refractivity contribution >= 4 is 5.91 Å². The van der Waals surface area contributed by atoms with Crippen molar-refractivity contribution < 1.29 is 23.4 Å². The zero-order valence-electron chi connectivity index (χ0n) is 18.3. The lowest BCUT2D eigenvalue weighted by atomic mass is 9.78. The van der Waals surface area contributed by atoms with E-state index in [1.807, 2.05) is 4.90 Å². The zero-order chi connectivity index (χ0) is 22.3. The molecule has 8 heteroatoms. The summed E-state index contributed by atoms with van der Waals surface area (Å²) in [4.78, 5) is 16.3. The molecule has 1 amide bonds. The molecule has 0 radical (unpaired) electrons. The van der Waals surface area contributed by atoms with E-state index in [2.05, 4.69) is 0 Å². The van der Waals surface area contributed by atoms with Gasteiger partial charge in [-0.15, -0.1) is 0 Å². The van der Waals surface area contributed by atoms with Crippen molar-refractivity contribution in [1.82, 2.24) is 9.80 Å². The van der Waals surface area contributed by atoms with Gasteiger partial charge in [0.25, 0.3) is 0 Å². The number of likely N-dealkylation sites (tertiary alicyclic amines) is 2. The highest BCUT2D eigenvalue weighted by Gasteiger charge is 2.45. The van der Waals surface area contributed by atoms with Crippen molar-refractivity contribution in [3.8, 4) is 5.75 Å². The highest BCUT2D eigenvalue weighted by molar-refractivity contribution is 5.85. The second-order valence-corrected chi connectivity index (χ2v) is 10.00. The number of benzene rings is 1. The minimum Gasteiger partial charge on any atom is -0.488 e. The standard InChI is InChI=1S/C23H33F2N3O3/c1-23(2,26)22(30)28-11-14-7-20(29)21(8-15(14)12-28)31-16-9-18(24)17(19(25)10-16)13-27-5-3-4-6-27/h9-10,14-15,20-21,29H,3-8,11-13,26H2,1-2H3/t14-,15+,20+,21+/m0/s1. The Morgan fingerprint density at radius 2 is 1.74 bits per heavy atom. The highest BCUT2D eigenvalue weighted by atomic mass is 19.1. The summed E-state index contributed by atoms with van der Waals surface area (Å²) in [6, 6.07) is 2.43. The van der Waals surface area contributed by atoms with Gasteiger partial charge in [0.2, 0.25) is 5.91 Å². The van der Waals surface area contributed by atoms with E-state index in [9.17, 15) is 18.7 Å². The number of amides is 1. The average molecular weight is 438 g/mol. The SMILES string of the molecule is CC(C)(N)C(=O)N1C[C@H]2C[C@@H](Oc3cc(F)c(CN4CCCC4)c(F)c3)[C@H](O)C[C@H]2C1. The molecule has 2 aliphatic heterocycles. The normalized spacial score (nSPS) is 29.3. The first kappa shape index (κ1) is 22.4. The number of nitrogens with two attached hydrogens (primary N) is 1. The number of fused-ring (bicyclic) bond motifs is 1. The van der Waals surface area contributed by atoms with Gasteiger partial charge in [-0.05, 0) is 64.5 Å². The molecule has 4 atom stereocenters. The van der Waals surface area contributed by atoms with Crippen molar-refractivity contribution in [2.45, 2.75) is 63.8 Å². The van der Waals surface area contributed by atoms with E-state index in [1.54, 1.807) is 18.7 Å². The molecule has 31 heavy (non-hydrogen) atoms. The number of hydrogen-bond donors (Lipinski definition) is 2. The van der Waals surface area contributed by atoms with Gasteiger partial charge in [0.1, 0.15) is 23.5 Å². The smallest absolute Gasteiger partial charge is 0.242 e. The van der Waals surface area contributed by atoms with Gasteiger partial charge >= 0.3 is 0 Å². The summed E-state index contributed by atoms with van der Waals surface area (Å²) in [6.07, 6.45) is 1.81. The fraction of sp³-hybridized carbons (Fsp3) is 0.696. The summed E-state index contributed by atoms with van der Waals surface area (Å²) >= 11 is 0. The fourth-order valence-corrected chi connectivity index (χ4v) is 5.23. The topological polar surface area (TPSA) is 79.0 Å². The third kappa shape index (κ3) is 4.86. The van der Waals surface area contributed by atoms with E-state index in [0.29, 0.717) is 25.9 Å². The van der Waals surface area contributed by atoms with Crippen LogP contribution in [0.4, 0.5) is 8.78 Å². The minimum absolute atomic E-state index is 0.0628. The molecule has 0 bridgehead atoms. The molecular formula is C23H33F2N3O3. The molecule has 6 nitrogen and oxygen atoms in total. The lowest BCUT2D eigenvalue weighted by Gasteiger charge is -2.35. The Morgan fingerprint density at radius 3 is 2.32 bits per heavy atom. The van der Waals surface area contributed by atoms with Crippen molar-refractivity contribution in [3.05, 3.63) is 29.3 Å². The fourth-order valence-electron chi connectivity index (χ4n) is 5.23. The molecule has 2 heterocycles. The van der Waals surface area contributed by atoms with Crippen LogP contribution in [0.1, 0.15) is 45.1 Å². The second kappa shape index (κ2) is 8.64. The van der Waals surface area contributed by atoms with Crippen LogP contribution >= 0.6 is 0 Å². The number of aliphatic hydroxyl groups excluding tert-OH is 1. The van der Waals surface area contributed by atoms with Gasteiger partial charge in [-0.3, -0.25) is 9.69 Å². The maximum absolute atomic E-state index is 14.6. The molecule has 1 aromatic carbocycles. The van der Waals surface area contributed by atoms with Crippen LogP contribution in [0.2, 0.25) is 0 Å². The summed E-state index contributed by atoms with van der Waals surface area (Å²) < 4.78 is 35.1. The number of carbonyl (C=O) groups is 1. The summed E-state index contributed by atoms with van der Waals surface area (Å²) in [6.45, 7) is 6.48. The molecule has 3 fully saturated rings. The van der Waals surface area contributed by atoms with Crippen LogP contribution in [0.15, 0.2) is 12.1 Å². The van der Waals surface area contributed by atoms with Crippen molar-refractivity contribution in [2.24, 2.45) is 17.6 Å². The molecule has 1 aliphatic carbocycles. The Morgan fingerprint density at radius 1 is 1.16 bits per heavy atom. The number of ether oxygens (including phenoxy) is 1. The molecule has 4 rings (SSSR count). The Labute approximate surface area is 182 Å². The molecule has 0 spiro atoms. The summed E-state index contributed by atoms with van der Waals surface area (Å²) in [7, 11) is 0. The van der Waals surface area contributed by atoms with E-state index >= 15 is 0 Å². The lowest BCUT2D eigenvalue weighted by molar-refractivity contribution is -0.134. The van der Waals surface area contributed by atoms with Crippen LogP contribution in [0.3, 0.4) is 0 Å². The maximum Gasteiger partial charge on any atom is 0.242 e. The molecule has 1 aromatic rings. The van der Waals surface area contributed by atoms with Crippen LogP contribution in [0.25, 0.3) is 0 Å². The number of halogens is 2. The Kier molecular flexibility index (Phi) is 6.25. The molecule has 3 aliphatic rings. The second-order valence-electron chi connectivity index (χ2n) is 10.00.